The molecule has 160 valence electrons. The number of hydrogen-bond acceptors (Lipinski definition) is 7. The number of rotatable bonds is 6. The number of anilines is 2. The minimum absolute atomic E-state index is 0.536. The Hall–Kier alpha value is -3.03. The Morgan fingerprint density at radius 1 is 1.10 bits per heavy atom. The fraction of sp³-hybridized carbons (Fsp3) is 0.304. The summed E-state index contributed by atoms with van der Waals surface area (Å²) in [5.41, 5.74) is 2.08. The number of halogens is 1. The van der Waals surface area contributed by atoms with Crippen LogP contribution in [0.15, 0.2) is 47.3 Å². The maximum absolute atomic E-state index is 6.44. The maximum Gasteiger partial charge on any atom is 0.165 e. The molecule has 4 aromatic rings. The van der Waals surface area contributed by atoms with Gasteiger partial charge in [-0.05, 0) is 37.1 Å². The summed E-state index contributed by atoms with van der Waals surface area (Å²) >= 11 is 6.44. The van der Waals surface area contributed by atoms with Crippen LogP contribution in [0.25, 0.3) is 21.9 Å². The van der Waals surface area contributed by atoms with Crippen LogP contribution in [-0.2, 0) is 0 Å². The Balaban J connectivity index is 1.48. The molecule has 1 aliphatic heterocycles. The van der Waals surface area contributed by atoms with E-state index in [9.17, 15) is 0 Å². The van der Waals surface area contributed by atoms with Crippen LogP contribution >= 0.6 is 11.6 Å². The zero-order valence-corrected chi connectivity index (χ0v) is 18.0. The van der Waals surface area contributed by atoms with Gasteiger partial charge in [0.15, 0.2) is 17.1 Å². The van der Waals surface area contributed by atoms with Gasteiger partial charge >= 0.3 is 0 Å². The normalized spacial score (nSPS) is 14.8. The van der Waals surface area contributed by atoms with Gasteiger partial charge in [0.1, 0.15) is 24.6 Å². The SMILES string of the molecule is COc1cc2c(Nc3c(Cl)ccc4ccoc34)ncnc2cc1OCN1CCCCC1. The molecule has 1 N–H and O–H groups in total. The molecule has 3 heterocycles. The topological polar surface area (TPSA) is 72.6 Å². The summed E-state index contributed by atoms with van der Waals surface area (Å²) in [5, 5.41) is 5.61. The number of nitrogens with zero attached hydrogens (tertiary/aromatic N) is 3. The fourth-order valence-electron chi connectivity index (χ4n) is 3.93. The summed E-state index contributed by atoms with van der Waals surface area (Å²) in [6.45, 7) is 2.66. The van der Waals surface area contributed by atoms with Crippen LogP contribution in [0.2, 0.25) is 5.02 Å². The van der Waals surface area contributed by atoms with Crippen LogP contribution in [0.1, 0.15) is 19.3 Å². The lowest BCUT2D eigenvalue weighted by atomic mass is 10.1. The average molecular weight is 439 g/mol. The zero-order chi connectivity index (χ0) is 21.2. The van der Waals surface area contributed by atoms with Crippen LogP contribution in [0.4, 0.5) is 11.5 Å². The minimum Gasteiger partial charge on any atom is -0.493 e. The Labute approximate surface area is 184 Å². The maximum atomic E-state index is 6.44. The second-order valence-electron chi connectivity index (χ2n) is 7.58. The minimum atomic E-state index is 0.536. The van der Waals surface area contributed by atoms with Crippen molar-refractivity contribution in [2.75, 3.05) is 32.2 Å². The van der Waals surface area contributed by atoms with Gasteiger partial charge in [-0.2, -0.15) is 0 Å². The van der Waals surface area contributed by atoms with E-state index in [1.165, 1.54) is 25.6 Å². The molecule has 0 spiro atoms. The monoisotopic (exact) mass is 438 g/mol. The second-order valence-corrected chi connectivity index (χ2v) is 7.99. The van der Waals surface area contributed by atoms with Gasteiger partial charge in [-0.3, -0.25) is 4.90 Å². The van der Waals surface area contributed by atoms with E-state index in [4.69, 9.17) is 25.5 Å². The van der Waals surface area contributed by atoms with E-state index in [-0.39, 0.29) is 0 Å². The summed E-state index contributed by atoms with van der Waals surface area (Å²) in [5.74, 6) is 1.90. The number of piperidine rings is 1. The lowest BCUT2D eigenvalue weighted by Crippen LogP contribution is -2.33. The second kappa shape index (κ2) is 8.61. The first-order valence-electron chi connectivity index (χ1n) is 10.3. The van der Waals surface area contributed by atoms with Crippen molar-refractivity contribution in [1.29, 1.82) is 0 Å². The molecular formula is C23H23ClN4O3. The molecule has 1 saturated heterocycles. The van der Waals surface area contributed by atoms with Crippen molar-refractivity contribution in [3.05, 3.63) is 47.9 Å². The van der Waals surface area contributed by atoms with Crippen molar-refractivity contribution in [3.8, 4) is 11.5 Å². The molecule has 1 fully saturated rings. The summed E-state index contributed by atoms with van der Waals surface area (Å²) in [7, 11) is 1.63. The smallest absolute Gasteiger partial charge is 0.165 e. The zero-order valence-electron chi connectivity index (χ0n) is 17.2. The summed E-state index contributed by atoms with van der Waals surface area (Å²) in [4.78, 5) is 11.2. The Morgan fingerprint density at radius 3 is 2.81 bits per heavy atom. The van der Waals surface area contributed by atoms with Gasteiger partial charge in [0.2, 0.25) is 0 Å². The van der Waals surface area contributed by atoms with E-state index < -0.39 is 0 Å². The Morgan fingerprint density at radius 2 is 1.97 bits per heavy atom. The van der Waals surface area contributed by atoms with Gasteiger partial charge in [-0.1, -0.05) is 18.0 Å². The number of furan rings is 1. The third kappa shape index (κ3) is 3.98. The third-order valence-corrected chi connectivity index (χ3v) is 5.90. The number of likely N-dealkylation sites (tertiary alicyclic amines) is 1. The van der Waals surface area contributed by atoms with Gasteiger partial charge in [0, 0.05) is 29.9 Å². The summed E-state index contributed by atoms with van der Waals surface area (Å²) in [6.07, 6.45) is 6.87. The van der Waals surface area contributed by atoms with Crippen LogP contribution in [-0.4, -0.2) is 41.8 Å². The third-order valence-electron chi connectivity index (χ3n) is 5.59. The van der Waals surface area contributed by atoms with Gasteiger partial charge in [0.25, 0.3) is 0 Å². The molecule has 2 aromatic heterocycles. The van der Waals surface area contributed by atoms with E-state index in [1.807, 2.05) is 30.3 Å². The molecule has 0 saturated carbocycles. The molecule has 0 aliphatic carbocycles. The van der Waals surface area contributed by atoms with Crippen LogP contribution in [0.3, 0.4) is 0 Å². The summed E-state index contributed by atoms with van der Waals surface area (Å²) < 4.78 is 17.3. The van der Waals surface area contributed by atoms with E-state index in [2.05, 4.69) is 20.2 Å². The summed E-state index contributed by atoms with van der Waals surface area (Å²) in [6, 6.07) is 9.42. The standard InChI is InChI=1S/C23H23ClN4O3/c1-29-19-11-16-18(12-20(19)31-14-28-8-3-2-4-9-28)25-13-26-23(16)27-21-17(24)6-5-15-7-10-30-22(15)21/h5-7,10-13H,2-4,8-9,14H2,1H3,(H,25,26,27). The average Bonchev–Trinajstić information content (AvgIpc) is 3.29. The Kier molecular flexibility index (Phi) is 5.53. The fourth-order valence-corrected chi connectivity index (χ4v) is 4.12. The van der Waals surface area contributed by atoms with Gasteiger partial charge in [-0.25, -0.2) is 9.97 Å². The van der Waals surface area contributed by atoms with Crippen LogP contribution in [0, 0.1) is 0 Å². The Bertz CT molecular complexity index is 1220. The number of nitrogens with one attached hydrogen (secondary N) is 1. The number of hydrogen-bond donors (Lipinski definition) is 1. The number of ether oxygens (including phenoxy) is 2. The first-order valence-corrected chi connectivity index (χ1v) is 10.7. The van der Waals surface area contributed by atoms with Crippen LogP contribution in [0.5, 0.6) is 11.5 Å². The van der Waals surface area contributed by atoms with Gasteiger partial charge in [0.05, 0.1) is 23.9 Å². The molecular weight excluding hydrogens is 416 g/mol. The lowest BCUT2D eigenvalue weighted by molar-refractivity contribution is 0.104. The number of methoxy groups -OCH3 is 1. The molecule has 0 amide bonds. The molecule has 5 rings (SSSR count). The van der Waals surface area contributed by atoms with Crippen molar-refractivity contribution >= 4 is 45.0 Å². The highest BCUT2D eigenvalue weighted by Gasteiger charge is 2.16. The molecule has 1 aliphatic rings. The van der Waals surface area contributed by atoms with E-state index in [0.717, 1.165) is 29.4 Å². The predicted octanol–water partition coefficient (Wildman–Crippen LogP) is 5.60. The van der Waals surface area contributed by atoms with E-state index >= 15 is 0 Å². The van der Waals surface area contributed by atoms with E-state index in [0.29, 0.717) is 40.3 Å². The number of aromatic nitrogens is 2. The van der Waals surface area contributed by atoms with Crippen molar-refractivity contribution in [2.45, 2.75) is 19.3 Å². The van der Waals surface area contributed by atoms with Crippen molar-refractivity contribution in [3.63, 3.8) is 0 Å². The lowest BCUT2D eigenvalue weighted by Gasteiger charge is -2.26. The highest BCUT2D eigenvalue weighted by atomic mass is 35.5. The highest BCUT2D eigenvalue weighted by Crippen LogP contribution is 2.38. The number of fused-ring (bicyclic) bond motifs is 2. The van der Waals surface area contributed by atoms with E-state index in [1.54, 1.807) is 13.4 Å². The molecule has 31 heavy (non-hydrogen) atoms. The molecule has 0 unspecified atom stereocenters. The first-order chi connectivity index (χ1) is 15.2. The van der Waals surface area contributed by atoms with Crippen LogP contribution < -0.4 is 14.8 Å². The highest BCUT2D eigenvalue weighted by molar-refractivity contribution is 6.35. The molecule has 0 bridgehead atoms. The predicted molar refractivity (Wildman–Crippen MR) is 122 cm³/mol. The largest absolute Gasteiger partial charge is 0.493 e. The van der Waals surface area contributed by atoms with Crippen molar-refractivity contribution in [1.82, 2.24) is 14.9 Å². The number of benzene rings is 2. The molecule has 8 heteroatoms. The van der Waals surface area contributed by atoms with Gasteiger partial charge in [-0.15, -0.1) is 0 Å². The first kappa shape index (κ1) is 19.9. The van der Waals surface area contributed by atoms with Crippen molar-refractivity contribution in [2.24, 2.45) is 0 Å². The molecule has 0 atom stereocenters. The van der Waals surface area contributed by atoms with Crippen molar-refractivity contribution < 1.29 is 13.9 Å². The van der Waals surface area contributed by atoms with Gasteiger partial charge < -0.3 is 19.2 Å². The molecule has 0 radical (unpaired) electrons. The molecule has 2 aromatic carbocycles. The molecule has 7 nitrogen and oxygen atoms in total. The quantitative estimate of drug-likeness (QED) is 0.419.